The highest BCUT2D eigenvalue weighted by molar-refractivity contribution is 6.35. The number of hydrogen-bond donors (Lipinski definition) is 1. The number of aliphatic hydroxyl groups is 1. The van der Waals surface area contributed by atoms with E-state index in [0.717, 1.165) is 11.0 Å². The summed E-state index contributed by atoms with van der Waals surface area (Å²) in [7, 11) is 0. The monoisotopic (exact) mass is 457 g/mol. The van der Waals surface area contributed by atoms with Crippen LogP contribution >= 0.6 is 23.2 Å². The second-order valence-electron chi connectivity index (χ2n) is 7.77. The average molecular weight is 458 g/mol. The number of anilines is 1. The molecule has 4 rings (SSSR count). The first-order valence-corrected chi connectivity index (χ1v) is 9.92. The van der Waals surface area contributed by atoms with E-state index >= 15 is 0 Å². The lowest BCUT2D eigenvalue weighted by molar-refractivity contribution is -0.142. The van der Waals surface area contributed by atoms with Gasteiger partial charge in [-0.2, -0.15) is 13.2 Å². The molecule has 0 radical (unpaired) electrons. The van der Waals surface area contributed by atoms with E-state index in [1.165, 1.54) is 31.2 Å². The van der Waals surface area contributed by atoms with Gasteiger partial charge in [-0.05, 0) is 42.7 Å². The number of aryl methyl sites for hydroxylation is 1. The van der Waals surface area contributed by atoms with Gasteiger partial charge in [0.15, 0.2) is 5.60 Å². The second-order valence-corrected chi connectivity index (χ2v) is 8.61. The maximum atomic E-state index is 14.0. The van der Waals surface area contributed by atoms with E-state index in [0.29, 0.717) is 0 Å². The van der Waals surface area contributed by atoms with Crippen LogP contribution in [-0.2, 0) is 21.4 Å². The summed E-state index contributed by atoms with van der Waals surface area (Å²) in [6.07, 6.45) is -4.32. The average Bonchev–Trinajstić information content (AvgIpc) is 2.81. The van der Waals surface area contributed by atoms with Crippen LogP contribution < -0.4 is 4.90 Å². The maximum Gasteiger partial charge on any atom is 0.416 e. The summed E-state index contributed by atoms with van der Waals surface area (Å²) in [6.45, 7) is 1.52. The number of halogens is 5. The Morgan fingerprint density at radius 3 is 2.40 bits per heavy atom. The topological polar surface area (TPSA) is 57.6 Å². The largest absolute Gasteiger partial charge is 0.416 e. The van der Waals surface area contributed by atoms with Crippen molar-refractivity contribution in [2.75, 3.05) is 11.4 Å². The second kappa shape index (κ2) is 6.97. The zero-order chi connectivity index (χ0) is 22.0. The lowest BCUT2D eigenvalue weighted by Crippen LogP contribution is -2.45. The number of fused-ring (bicyclic) bond motifs is 1. The number of carbonyl (C=O) groups is 2. The molecule has 1 saturated carbocycles. The molecule has 1 aliphatic carbocycles. The quantitative estimate of drug-likeness (QED) is 0.714. The molecule has 2 aromatic rings. The molecular formula is C21H16Cl2F3NO3. The normalized spacial score (nSPS) is 21.8. The molecule has 2 aliphatic rings. The highest BCUT2D eigenvalue weighted by atomic mass is 35.5. The first-order chi connectivity index (χ1) is 13.9. The van der Waals surface area contributed by atoms with Crippen LogP contribution in [0.25, 0.3) is 0 Å². The zero-order valence-corrected chi connectivity index (χ0v) is 17.2. The molecule has 1 heterocycles. The van der Waals surface area contributed by atoms with Crippen LogP contribution in [0.3, 0.4) is 0 Å². The number of carbonyl (C=O) groups excluding carboxylic acids is 2. The van der Waals surface area contributed by atoms with Gasteiger partial charge in [-0.1, -0.05) is 29.3 Å². The molecule has 1 aliphatic heterocycles. The van der Waals surface area contributed by atoms with E-state index in [4.69, 9.17) is 23.2 Å². The van der Waals surface area contributed by atoms with Gasteiger partial charge in [-0.3, -0.25) is 9.59 Å². The zero-order valence-electron chi connectivity index (χ0n) is 15.7. The Balaban J connectivity index is 1.97. The van der Waals surface area contributed by atoms with Crippen LogP contribution in [0.5, 0.6) is 0 Å². The highest BCUT2D eigenvalue weighted by Crippen LogP contribution is 2.52. The number of alkyl halides is 3. The Bertz CT molecular complexity index is 1080. The number of hydrogen-bond acceptors (Lipinski definition) is 3. The van der Waals surface area contributed by atoms with Crippen molar-refractivity contribution in [1.29, 1.82) is 0 Å². The van der Waals surface area contributed by atoms with E-state index < -0.39 is 28.8 Å². The van der Waals surface area contributed by atoms with Crippen LogP contribution in [0, 0.1) is 12.8 Å². The summed E-state index contributed by atoms with van der Waals surface area (Å²) in [6, 6.07) is 6.20. The molecule has 1 unspecified atom stereocenters. The Labute approximate surface area is 180 Å². The third-order valence-corrected chi connectivity index (χ3v) is 6.12. The summed E-state index contributed by atoms with van der Waals surface area (Å²) < 4.78 is 41.9. The fourth-order valence-electron chi connectivity index (χ4n) is 4.18. The molecule has 0 bridgehead atoms. The Morgan fingerprint density at radius 1 is 1.17 bits per heavy atom. The molecular weight excluding hydrogens is 442 g/mol. The number of benzene rings is 2. The summed E-state index contributed by atoms with van der Waals surface area (Å²) in [5.41, 5.74) is -4.22. The number of amides is 1. The molecule has 30 heavy (non-hydrogen) atoms. The molecule has 2 aromatic carbocycles. The first kappa shape index (κ1) is 21.2. The van der Waals surface area contributed by atoms with Gasteiger partial charge in [0.1, 0.15) is 5.78 Å². The van der Waals surface area contributed by atoms with Gasteiger partial charge in [0.25, 0.3) is 5.91 Å². The van der Waals surface area contributed by atoms with E-state index in [-0.39, 0.29) is 57.9 Å². The van der Waals surface area contributed by atoms with E-state index in [1.807, 2.05) is 0 Å². The van der Waals surface area contributed by atoms with E-state index in [2.05, 4.69) is 0 Å². The first-order valence-electron chi connectivity index (χ1n) is 9.16. The summed E-state index contributed by atoms with van der Waals surface area (Å²) >= 11 is 12.1. The van der Waals surface area contributed by atoms with Crippen molar-refractivity contribution in [3.63, 3.8) is 0 Å². The molecule has 4 nitrogen and oxygen atoms in total. The van der Waals surface area contributed by atoms with Crippen molar-refractivity contribution in [3.8, 4) is 0 Å². The predicted octanol–water partition coefficient (Wildman–Crippen LogP) is 4.88. The number of ketones is 1. The molecule has 1 N–H and O–H groups in total. The highest BCUT2D eigenvalue weighted by Gasteiger charge is 2.56. The summed E-state index contributed by atoms with van der Waals surface area (Å²) in [5, 5.41) is 11.6. The molecule has 9 heteroatoms. The molecule has 0 spiro atoms. The van der Waals surface area contributed by atoms with Gasteiger partial charge in [-0.15, -0.1) is 0 Å². The Hall–Kier alpha value is -2.09. The smallest absolute Gasteiger partial charge is 0.372 e. The maximum absolute atomic E-state index is 14.0. The van der Waals surface area contributed by atoms with Crippen molar-refractivity contribution < 1.29 is 27.9 Å². The molecule has 1 amide bonds. The van der Waals surface area contributed by atoms with Crippen LogP contribution in [0.15, 0.2) is 30.3 Å². The van der Waals surface area contributed by atoms with Gasteiger partial charge in [0, 0.05) is 40.6 Å². The van der Waals surface area contributed by atoms with E-state index in [1.54, 1.807) is 0 Å². The third kappa shape index (κ3) is 3.20. The van der Waals surface area contributed by atoms with Crippen LogP contribution in [0.4, 0.5) is 18.9 Å². The van der Waals surface area contributed by atoms with Gasteiger partial charge in [-0.25, -0.2) is 0 Å². The fraction of sp³-hybridized carbons (Fsp3) is 0.333. The third-order valence-electron chi connectivity index (χ3n) is 5.57. The molecule has 1 fully saturated rings. The Morgan fingerprint density at radius 2 is 1.83 bits per heavy atom. The standard InChI is InChI=1S/C21H16Cl2F3NO3/c1-10-4-15(21(24,25)26)18-17(5-10)27(9-11-6-13(28)7-11)19(29)20(18,30)14-3-2-12(22)8-16(14)23/h2-5,8,11,30H,6-7,9H2,1H3. The number of Topliss-reactive ketones (excluding diaryl/α,β-unsaturated/α-hetero) is 1. The minimum absolute atomic E-state index is 0.0276. The SMILES string of the molecule is Cc1cc2c(c(C(F)(F)F)c1)C(O)(c1ccc(Cl)cc1Cl)C(=O)N2CC1CC(=O)C1. The van der Waals surface area contributed by atoms with E-state index in [9.17, 15) is 27.9 Å². The van der Waals surface area contributed by atoms with Gasteiger partial charge in [0.2, 0.25) is 0 Å². The molecule has 158 valence electrons. The minimum Gasteiger partial charge on any atom is -0.372 e. The van der Waals surface area contributed by atoms with Crippen LogP contribution in [0.2, 0.25) is 10.0 Å². The van der Waals surface area contributed by atoms with Crippen molar-refractivity contribution in [2.45, 2.75) is 31.5 Å². The Kier molecular flexibility index (Phi) is 4.91. The van der Waals surface area contributed by atoms with Crippen LogP contribution in [-0.4, -0.2) is 23.3 Å². The molecule has 1 atom stereocenters. The van der Waals surface area contributed by atoms with Crippen molar-refractivity contribution in [2.24, 2.45) is 5.92 Å². The molecule has 0 saturated heterocycles. The van der Waals surface area contributed by atoms with Crippen molar-refractivity contribution in [1.82, 2.24) is 0 Å². The lowest BCUT2D eigenvalue weighted by Gasteiger charge is -2.30. The lowest BCUT2D eigenvalue weighted by atomic mass is 9.83. The van der Waals surface area contributed by atoms with Gasteiger partial charge >= 0.3 is 6.18 Å². The summed E-state index contributed by atoms with van der Waals surface area (Å²) in [4.78, 5) is 25.9. The van der Waals surface area contributed by atoms with Gasteiger partial charge < -0.3 is 10.0 Å². The van der Waals surface area contributed by atoms with Crippen LogP contribution in [0.1, 0.15) is 35.1 Å². The van der Waals surface area contributed by atoms with Crippen molar-refractivity contribution in [3.05, 3.63) is 62.6 Å². The molecule has 0 aromatic heterocycles. The number of rotatable bonds is 3. The minimum atomic E-state index is -4.81. The summed E-state index contributed by atoms with van der Waals surface area (Å²) in [5.74, 6) is -1.08. The predicted molar refractivity (Wildman–Crippen MR) is 106 cm³/mol. The fourth-order valence-corrected chi connectivity index (χ4v) is 4.73. The number of nitrogens with zero attached hydrogens (tertiary/aromatic N) is 1. The van der Waals surface area contributed by atoms with Crippen molar-refractivity contribution >= 4 is 40.6 Å². The van der Waals surface area contributed by atoms with Gasteiger partial charge in [0.05, 0.1) is 11.3 Å².